The molecular formula is C7H13I. The van der Waals surface area contributed by atoms with Crippen LogP contribution in [0.4, 0.5) is 0 Å². The van der Waals surface area contributed by atoms with Crippen LogP contribution in [0.2, 0.25) is 0 Å². The van der Waals surface area contributed by atoms with Crippen LogP contribution in [0.15, 0.2) is 9.66 Å². The zero-order valence-electron chi connectivity index (χ0n) is 5.74. The van der Waals surface area contributed by atoms with Crippen molar-refractivity contribution >= 4 is 22.6 Å². The van der Waals surface area contributed by atoms with Gasteiger partial charge < -0.3 is 0 Å². The van der Waals surface area contributed by atoms with Crippen LogP contribution in [0.25, 0.3) is 0 Å². The average Bonchev–Trinajstić information content (AvgIpc) is 1.65. The van der Waals surface area contributed by atoms with Crippen LogP contribution in [0.5, 0.6) is 0 Å². The maximum absolute atomic E-state index is 2.28. The fraction of sp³-hybridized carbons (Fsp3) is 0.714. The predicted octanol–water partition coefficient (Wildman–Crippen LogP) is 3.37. The van der Waals surface area contributed by atoms with Crippen molar-refractivity contribution < 1.29 is 0 Å². The van der Waals surface area contributed by atoms with Gasteiger partial charge in [0.2, 0.25) is 0 Å². The summed E-state index contributed by atoms with van der Waals surface area (Å²) in [7, 11) is 0. The molecule has 0 aliphatic rings. The van der Waals surface area contributed by atoms with E-state index in [9.17, 15) is 0 Å². The van der Waals surface area contributed by atoms with Crippen molar-refractivity contribution in [1.82, 2.24) is 0 Å². The van der Waals surface area contributed by atoms with Crippen molar-refractivity contribution in [2.24, 2.45) is 5.92 Å². The minimum Gasteiger partial charge on any atom is -0.0670 e. The Labute approximate surface area is 65.5 Å². The molecule has 0 N–H and O–H groups in total. The molecule has 0 aromatic rings. The van der Waals surface area contributed by atoms with Crippen molar-refractivity contribution in [2.75, 3.05) is 0 Å². The largest absolute Gasteiger partial charge is 0.0670 e. The molecule has 48 valence electrons. The minimum atomic E-state index is 0.806. The number of allylic oxidation sites excluding steroid dienone is 1. The van der Waals surface area contributed by atoms with E-state index in [0.29, 0.717) is 0 Å². The Kier molecular flexibility index (Phi) is 4.61. The van der Waals surface area contributed by atoms with Gasteiger partial charge in [-0.1, -0.05) is 42.0 Å². The van der Waals surface area contributed by atoms with Crippen molar-refractivity contribution in [3.63, 3.8) is 0 Å². The Morgan fingerprint density at radius 3 is 2.25 bits per heavy atom. The molecule has 0 fully saturated rings. The van der Waals surface area contributed by atoms with E-state index in [4.69, 9.17) is 0 Å². The van der Waals surface area contributed by atoms with Gasteiger partial charge in [-0.3, -0.25) is 0 Å². The first-order valence-electron chi connectivity index (χ1n) is 2.92. The zero-order valence-corrected chi connectivity index (χ0v) is 7.90. The highest BCUT2D eigenvalue weighted by molar-refractivity contribution is 14.1. The lowest BCUT2D eigenvalue weighted by molar-refractivity contribution is 0.643. The van der Waals surface area contributed by atoms with Gasteiger partial charge in [0.25, 0.3) is 0 Å². The first-order valence-corrected chi connectivity index (χ1v) is 4.17. The molecule has 8 heavy (non-hydrogen) atoms. The highest BCUT2D eigenvalue weighted by Crippen LogP contribution is 2.10. The molecular weight excluding hydrogens is 211 g/mol. The molecule has 0 nitrogen and oxygen atoms in total. The molecule has 0 aliphatic carbocycles. The van der Waals surface area contributed by atoms with E-state index in [1.165, 1.54) is 12.0 Å². The first kappa shape index (κ1) is 8.47. The van der Waals surface area contributed by atoms with Crippen LogP contribution in [-0.4, -0.2) is 0 Å². The standard InChI is InChI=1S/C7H13I/c1-6(2)4-7(3)5-8/h5-6H,4H2,1-3H3/b7-5-. The van der Waals surface area contributed by atoms with Gasteiger partial charge in [0.15, 0.2) is 0 Å². The Bertz CT molecular complexity index is 82.4. The minimum absolute atomic E-state index is 0.806. The Morgan fingerprint density at radius 1 is 1.62 bits per heavy atom. The van der Waals surface area contributed by atoms with E-state index in [1.54, 1.807) is 0 Å². The van der Waals surface area contributed by atoms with Crippen LogP contribution in [0, 0.1) is 5.92 Å². The third-order valence-corrected chi connectivity index (χ3v) is 1.98. The zero-order chi connectivity index (χ0) is 6.57. The lowest BCUT2D eigenvalue weighted by atomic mass is 10.1. The van der Waals surface area contributed by atoms with Gasteiger partial charge in [-0.15, -0.1) is 0 Å². The summed E-state index contributed by atoms with van der Waals surface area (Å²) in [6.45, 7) is 6.65. The second-order valence-electron chi connectivity index (χ2n) is 2.55. The van der Waals surface area contributed by atoms with E-state index in [-0.39, 0.29) is 0 Å². The molecule has 0 saturated carbocycles. The lowest BCUT2D eigenvalue weighted by Crippen LogP contribution is -1.85. The predicted molar refractivity (Wildman–Crippen MR) is 47.2 cm³/mol. The number of hydrogen-bond donors (Lipinski definition) is 0. The summed E-state index contributed by atoms with van der Waals surface area (Å²) < 4.78 is 2.15. The van der Waals surface area contributed by atoms with Crippen molar-refractivity contribution in [1.29, 1.82) is 0 Å². The molecule has 0 heterocycles. The van der Waals surface area contributed by atoms with Crippen LogP contribution >= 0.6 is 22.6 Å². The van der Waals surface area contributed by atoms with Gasteiger partial charge in [-0.2, -0.15) is 0 Å². The second kappa shape index (κ2) is 4.36. The molecule has 0 rings (SSSR count). The summed E-state index contributed by atoms with van der Waals surface area (Å²) in [4.78, 5) is 0. The smallest absolute Gasteiger partial charge is 0.0244 e. The van der Waals surface area contributed by atoms with E-state index < -0.39 is 0 Å². The lowest BCUT2D eigenvalue weighted by Gasteiger charge is -2.01. The molecule has 0 atom stereocenters. The third kappa shape index (κ3) is 4.62. The maximum Gasteiger partial charge on any atom is -0.0244 e. The third-order valence-electron chi connectivity index (χ3n) is 0.916. The van der Waals surface area contributed by atoms with Crippen LogP contribution in [-0.2, 0) is 0 Å². The topological polar surface area (TPSA) is 0 Å². The van der Waals surface area contributed by atoms with Crippen LogP contribution in [0.1, 0.15) is 27.2 Å². The Morgan fingerprint density at radius 2 is 2.12 bits per heavy atom. The molecule has 0 radical (unpaired) electrons. The summed E-state index contributed by atoms with van der Waals surface area (Å²) in [5, 5.41) is 0. The molecule has 0 aliphatic heterocycles. The van der Waals surface area contributed by atoms with Crippen LogP contribution < -0.4 is 0 Å². The Hall–Kier alpha value is 0.470. The molecule has 0 amide bonds. The van der Waals surface area contributed by atoms with Crippen molar-refractivity contribution in [3.05, 3.63) is 9.66 Å². The van der Waals surface area contributed by atoms with E-state index >= 15 is 0 Å². The van der Waals surface area contributed by atoms with Gasteiger partial charge in [-0.25, -0.2) is 0 Å². The summed E-state index contributed by atoms with van der Waals surface area (Å²) in [5.74, 6) is 0.806. The number of rotatable bonds is 2. The summed E-state index contributed by atoms with van der Waals surface area (Å²) in [6, 6.07) is 0. The van der Waals surface area contributed by atoms with E-state index in [0.717, 1.165) is 5.92 Å². The van der Waals surface area contributed by atoms with Gasteiger partial charge in [0, 0.05) is 0 Å². The summed E-state index contributed by atoms with van der Waals surface area (Å²) >= 11 is 2.28. The fourth-order valence-corrected chi connectivity index (χ4v) is 0.943. The maximum atomic E-state index is 2.28. The monoisotopic (exact) mass is 224 g/mol. The summed E-state index contributed by atoms with van der Waals surface area (Å²) in [6.07, 6.45) is 1.24. The van der Waals surface area contributed by atoms with Gasteiger partial charge in [0.05, 0.1) is 0 Å². The van der Waals surface area contributed by atoms with E-state index in [1.807, 2.05) is 0 Å². The number of hydrogen-bond acceptors (Lipinski definition) is 0. The quantitative estimate of drug-likeness (QED) is 0.631. The van der Waals surface area contributed by atoms with Crippen LogP contribution in [0.3, 0.4) is 0 Å². The molecule has 0 unspecified atom stereocenters. The van der Waals surface area contributed by atoms with Gasteiger partial charge >= 0.3 is 0 Å². The number of halogens is 1. The molecule has 0 saturated heterocycles. The SMILES string of the molecule is C/C(=C/I)CC(C)C. The highest BCUT2D eigenvalue weighted by Gasteiger charge is 1.92. The molecule has 0 aromatic heterocycles. The molecule has 0 spiro atoms. The normalized spacial score (nSPS) is 12.9. The Balaban J connectivity index is 3.39. The van der Waals surface area contributed by atoms with Crippen molar-refractivity contribution in [3.8, 4) is 0 Å². The fourth-order valence-electron chi connectivity index (χ4n) is 0.688. The van der Waals surface area contributed by atoms with Crippen molar-refractivity contribution in [2.45, 2.75) is 27.2 Å². The average molecular weight is 224 g/mol. The molecule has 0 aromatic carbocycles. The highest BCUT2D eigenvalue weighted by atomic mass is 127. The summed E-state index contributed by atoms with van der Waals surface area (Å²) in [5.41, 5.74) is 1.49. The second-order valence-corrected chi connectivity index (χ2v) is 3.18. The molecule has 0 bridgehead atoms. The first-order chi connectivity index (χ1) is 3.66. The molecule has 1 heteroatoms. The van der Waals surface area contributed by atoms with Gasteiger partial charge in [-0.05, 0) is 23.3 Å². The van der Waals surface area contributed by atoms with E-state index in [2.05, 4.69) is 47.4 Å². The van der Waals surface area contributed by atoms with Gasteiger partial charge in [0.1, 0.15) is 0 Å².